The topological polar surface area (TPSA) is 32.3 Å². The molecule has 1 N–H and O–H groups in total. The Morgan fingerprint density at radius 3 is 1.96 bits per heavy atom. The second-order valence-corrected chi connectivity index (χ2v) is 6.71. The van der Waals surface area contributed by atoms with E-state index in [2.05, 4.69) is 18.1 Å². The van der Waals surface area contributed by atoms with Crippen molar-refractivity contribution in [1.29, 1.82) is 0 Å². The quantitative estimate of drug-likeness (QED) is 0.391. The van der Waals surface area contributed by atoms with Crippen molar-refractivity contribution >= 4 is 47.7 Å². The SMILES string of the molecule is O=C(NCc1ccc(Cl)cc1Cl)N(S)c1cc(C(F)(F)F)cc(C(F)(F)F)c1. The van der Waals surface area contributed by atoms with E-state index in [4.69, 9.17) is 23.2 Å². The summed E-state index contributed by atoms with van der Waals surface area (Å²) in [5, 5.41) is 2.86. The van der Waals surface area contributed by atoms with Crippen molar-refractivity contribution in [3.8, 4) is 0 Å². The summed E-state index contributed by atoms with van der Waals surface area (Å²) in [6.07, 6.45) is -10.1. The van der Waals surface area contributed by atoms with Gasteiger partial charge in [-0.1, -0.05) is 42.1 Å². The molecule has 0 fully saturated rings. The maximum absolute atomic E-state index is 12.9. The van der Waals surface area contributed by atoms with Crippen LogP contribution in [0.2, 0.25) is 10.0 Å². The number of rotatable bonds is 3. The van der Waals surface area contributed by atoms with Crippen LogP contribution in [0.15, 0.2) is 36.4 Å². The second kappa shape index (κ2) is 8.30. The maximum atomic E-state index is 12.9. The van der Waals surface area contributed by atoms with Gasteiger partial charge in [0, 0.05) is 16.6 Å². The molecule has 0 aliphatic rings. The molecule has 0 aromatic heterocycles. The van der Waals surface area contributed by atoms with Crippen LogP contribution >= 0.6 is 36.0 Å². The minimum atomic E-state index is -5.04. The Morgan fingerprint density at radius 1 is 0.964 bits per heavy atom. The monoisotopic (exact) mass is 462 g/mol. The van der Waals surface area contributed by atoms with Gasteiger partial charge in [0.15, 0.2) is 0 Å². The molecule has 152 valence electrons. The van der Waals surface area contributed by atoms with E-state index in [0.29, 0.717) is 27.0 Å². The highest BCUT2D eigenvalue weighted by Crippen LogP contribution is 2.38. The van der Waals surface area contributed by atoms with Crippen LogP contribution in [-0.4, -0.2) is 6.03 Å². The molecule has 2 aromatic carbocycles. The summed E-state index contributed by atoms with van der Waals surface area (Å²) in [5.41, 5.74) is -3.40. The lowest BCUT2D eigenvalue weighted by Crippen LogP contribution is -2.34. The summed E-state index contributed by atoms with van der Waals surface area (Å²) < 4.78 is 77.8. The molecule has 0 bridgehead atoms. The summed E-state index contributed by atoms with van der Waals surface area (Å²) in [7, 11) is 0. The minimum Gasteiger partial charge on any atom is -0.333 e. The molecule has 0 aliphatic carbocycles. The molecule has 12 heteroatoms. The average molecular weight is 463 g/mol. The van der Waals surface area contributed by atoms with E-state index in [-0.39, 0.29) is 17.6 Å². The van der Waals surface area contributed by atoms with Gasteiger partial charge in [0.25, 0.3) is 0 Å². The lowest BCUT2D eigenvalue weighted by Gasteiger charge is -2.20. The molecule has 0 unspecified atom stereocenters. The number of benzene rings is 2. The van der Waals surface area contributed by atoms with E-state index in [1.165, 1.54) is 18.2 Å². The predicted octanol–water partition coefficient (Wildman–Crippen LogP) is 6.59. The Balaban J connectivity index is 2.26. The lowest BCUT2D eigenvalue weighted by molar-refractivity contribution is -0.143. The Kier molecular flexibility index (Phi) is 6.67. The molecule has 2 aromatic rings. The number of amides is 2. The van der Waals surface area contributed by atoms with Gasteiger partial charge in [-0.25, -0.2) is 9.10 Å². The van der Waals surface area contributed by atoms with Crippen molar-refractivity contribution < 1.29 is 31.1 Å². The molecule has 0 saturated carbocycles. The third kappa shape index (κ3) is 5.62. The van der Waals surface area contributed by atoms with Crippen LogP contribution in [0.5, 0.6) is 0 Å². The van der Waals surface area contributed by atoms with Crippen LogP contribution in [0.4, 0.5) is 36.8 Å². The molecule has 0 atom stereocenters. The predicted molar refractivity (Wildman–Crippen MR) is 96.6 cm³/mol. The number of hydrogen-bond acceptors (Lipinski definition) is 2. The molecule has 0 saturated heterocycles. The number of nitrogens with zero attached hydrogens (tertiary/aromatic N) is 1. The summed E-state index contributed by atoms with van der Waals surface area (Å²) in [6.45, 7) is -0.156. The molecular weight excluding hydrogens is 453 g/mol. The largest absolute Gasteiger partial charge is 0.416 e. The second-order valence-electron chi connectivity index (χ2n) is 5.47. The zero-order valence-corrected chi connectivity index (χ0v) is 15.9. The van der Waals surface area contributed by atoms with Crippen molar-refractivity contribution in [3.63, 3.8) is 0 Å². The lowest BCUT2D eigenvalue weighted by atomic mass is 10.1. The Bertz CT molecular complexity index is 856. The van der Waals surface area contributed by atoms with Crippen LogP contribution < -0.4 is 9.62 Å². The number of carbonyl (C=O) groups excluding carboxylic acids is 1. The van der Waals surface area contributed by atoms with Crippen molar-refractivity contribution in [1.82, 2.24) is 5.32 Å². The number of urea groups is 1. The summed E-state index contributed by atoms with van der Waals surface area (Å²) in [5.74, 6) is 0. The van der Waals surface area contributed by atoms with Gasteiger partial charge >= 0.3 is 18.4 Å². The summed E-state index contributed by atoms with van der Waals surface area (Å²) in [4.78, 5) is 12.1. The highest BCUT2D eigenvalue weighted by Gasteiger charge is 2.37. The number of carbonyl (C=O) groups is 1. The van der Waals surface area contributed by atoms with Gasteiger partial charge in [0.05, 0.1) is 16.8 Å². The minimum absolute atomic E-state index is 0.0451. The van der Waals surface area contributed by atoms with E-state index >= 15 is 0 Å². The number of anilines is 1. The smallest absolute Gasteiger partial charge is 0.333 e. The molecule has 2 rings (SSSR count). The molecule has 0 spiro atoms. The van der Waals surface area contributed by atoms with Crippen molar-refractivity contribution in [2.75, 3.05) is 4.31 Å². The van der Waals surface area contributed by atoms with Gasteiger partial charge in [-0.05, 0) is 35.9 Å². The normalized spacial score (nSPS) is 12.0. The first-order valence-corrected chi connectivity index (χ1v) is 8.45. The number of nitrogens with one attached hydrogen (secondary N) is 1. The van der Waals surface area contributed by atoms with Gasteiger partial charge in [-0.3, -0.25) is 0 Å². The molecule has 3 nitrogen and oxygen atoms in total. The molecule has 28 heavy (non-hydrogen) atoms. The van der Waals surface area contributed by atoms with Crippen molar-refractivity contribution in [2.24, 2.45) is 0 Å². The van der Waals surface area contributed by atoms with E-state index < -0.39 is 35.2 Å². The molecule has 0 heterocycles. The zero-order chi connectivity index (χ0) is 21.3. The fourth-order valence-electron chi connectivity index (χ4n) is 2.09. The number of thiol groups is 1. The molecular formula is C16H10Cl2F6N2OS. The number of halogens is 8. The van der Waals surface area contributed by atoms with Gasteiger partial charge in [-0.15, -0.1) is 0 Å². The Morgan fingerprint density at radius 2 is 1.50 bits per heavy atom. The highest BCUT2D eigenvalue weighted by atomic mass is 35.5. The molecule has 0 aliphatic heterocycles. The molecule has 0 radical (unpaired) electrons. The van der Waals surface area contributed by atoms with Gasteiger partial charge < -0.3 is 5.32 Å². The van der Waals surface area contributed by atoms with Crippen molar-refractivity contribution in [2.45, 2.75) is 18.9 Å². The van der Waals surface area contributed by atoms with Gasteiger partial charge in [0.2, 0.25) is 0 Å². The standard InChI is InChI=1S/C16H10Cl2F6N2OS/c17-11-2-1-8(13(18)6-11)7-25-14(27)26(28)12-4-9(15(19,20)21)3-10(5-12)16(22,23)24/h1-6,28H,7H2,(H,25,27). The third-order valence-corrected chi connectivity index (χ3v) is 4.45. The van der Waals surface area contributed by atoms with Gasteiger partial charge in [0.1, 0.15) is 0 Å². The van der Waals surface area contributed by atoms with E-state index in [9.17, 15) is 31.1 Å². The third-order valence-electron chi connectivity index (χ3n) is 3.45. The zero-order valence-electron chi connectivity index (χ0n) is 13.5. The van der Waals surface area contributed by atoms with Crippen LogP contribution in [0.25, 0.3) is 0 Å². The summed E-state index contributed by atoms with van der Waals surface area (Å²) >= 11 is 15.4. The van der Waals surface area contributed by atoms with E-state index in [1.807, 2.05) is 0 Å². The van der Waals surface area contributed by atoms with E-state index in [0.717, 1.165) is 0 Å². The highest BCUT2D eigenvalue weighted by molar-refractivity contribution is 7.82. The first-order valence-electron chi connectivity index (χ1n) is 7.29. The number of hydrogen-bond donors (Lipinski definition) is 2. The van der Waals surface area contributed by atoms with Crippen LogP contribution in [-0.2, 0) is 18.9 Å². The van der Waals surface area contributed by atoms with Crippen LogP contribution in [0, 0.1) is 0 Å². The number of alkyl halides is 6. The Hall–Kier alpha value is -1.78. The van der Waals surface area contributed by atoms with Crippen LogP contribution in [0.3, 0.4) is 0 Å². The average Bonchev–Trinajstić information content (AvgIpc) is 2.58. The fraction of sp³-hybridized carbons (Fsp3) is 0.188. The first kappa shape index (κ1) is 22.5. The molecule has 2 amide bonds. The van der Waals surface area contributed by atoms with Gasteiger partial charge in [-0.2, -0.15) is 26.3 Å². The van der Waals surface area contributed by atoms with Crippen LogP contribution in [0.1, 0.15) is 16.7 Å². The summed E-state index contributed by atoms with van der Waals surface area (Å²) in [6, 6.07) is 4.08. The van der Waals surface area contributed by atoms with E-state index in [1.54, 1.807) is 0 Å². The first-order chi connectivity index (χ1) is 12.8. The fourth-order valence-corrected chi connectivity index (χ4v) is 2.75. The maximum Gasteiger partial charge on any atom is 0.416 e. The van der Waals surface area contributed by atoms with Crippen molar-refractivity contribution in [3.05, 3.63) is 63.1 Å². The Labute approximate surface area is 170 Å².